The number of aryl methyl sites for hydroxylation is 1. The molecule has 6 nitrogen and oxygen atoms in total. The third-order valence-corrected chi connectivity index (χ3v) is 5.91. The van der Waals surface area contributed by atoms with E-state index in [1.165, 1.54) is 11.3 Å². The third kappa shape index (κ3) is 3.08. The second kappa shape index (κ2) is 5.99. The molecule has 0 aromatic carbocycles. The number of hydrogen-bond acceptors (Lipinski definition) is 5. The Hall–Kier alpha value is -2.03. The summed E-state index contributed by atoms with van der Waals surface area (Å²) < 4.78 is 28.8. The molecule has 0 atom stereocenters. The number of thiophene rings is 1. The van der Waals surface area contributed by atoms with Gasteiger partial charge in [-0.1, -0.05) is 6.07 Å². The average Bonchev–Trinajstić information content (AvgIpc) is 3.16. The number of hydrogen-bond donors (Lipinski definition) is 1. The Morgan fingerprint density at radius 2 is 2.05 bits per heavy atom. The molecular weight excluding hydrogens is 320 g/mol. The van der Waals surface area contributed by atoms with E-state index >= 15 is 0 Å². The van der Waals surface area contributed by atoms with Crippen LogP contribution in [0, 0.1) is 0 Å². The fourth-order valence-corrected chi connectivity index (χ4v) is 4.10. The van der Waals surface area contributed by atoms with Gasteiger partial charge in [-0.15, -0.1) is 11.3 Å². The second-order valence-corrected chi connectivity index (χ2v) is 7.58. The molecular formula is C14H14N4O2S2. The molecule has 114 valence electrons. The standard InChI is InChI=1S/C14H14N4O2S2/c1-18-13(11-4-6-15-7-5-11)9-12(17-18)10-16-22(19,20)14-3-2-8-21-14/h2-9,16H,10H2,1H3. The van der Waals surface area contributed by atoms with Crippen LogP contribution in [0.25, 0.3) is 11.3 Å². The maximum absolute atomic E-state index is 12.1. The first-order valence-electron chi connectivity index (χ1n) is 6.53. The van der Waals surface area contributed by atoms with Crippen molar-refractivity contribution in [3.63, 3.8) is 0 Å². The van der Waals surface area contributed by atoms with Gasteiger partial charge in [0, 0.05) is 25.0 Å². The summed E-state index contributed by atoms with van der Waals surface area (Å²) in [5.74, 6) is 0. The number of aromatic nitrogens is 3. The van der Waals surface area contributed by atoms with Gasteiger partial charge in [0.1, 0.15) is 4.21 Å². The molecule has 0 aliphatic heterocycles. The zero-order valence-corrected chi connectivity index (χ0v) is 13.4. The quantitative estimate of drug-likeness (QED) is 0.774. The number of rotatable bonds is 5. The summed E-state index contributed by atoms with van der Waals surface area (Å²) in [4.78, 5) is 3.98. The van der Waals surface area contributed by atoms with Gasteiger partial charge in [-0.25, -0.2) is 13.1 Å². The molecule has 0 fully saturated rings. The van der Waals surface area contributed by atoms with Crippen molar-refractivity contribution in [1.82, 2.24) is 19.5 Å². The molecule has 0 unspecified atom stereocenters. The molecule has 3 heterocycles. The van der Waals surface area contributed by atoms with Crippen LogP contribution >= 0.6 is 11.3 Å². The number of pyridine rings is 1. The molecule has 8 heteroatoms. The van der Waals surface area contributed by atoms with E-state index in [4.69, 9.17) is 0 Å². The van der Waals surface area contributed by atoms with Gasteiger partial charge in [-0.2, -0.15) is 5.10 Å². The highest BCUT2D eigenvalue weighted by molar-refractivity contribution is 7.91. The first-order chi connectivity index (χ1) is 10.6. The Bertz CT molecular complexity index is 856. The van der Waals surface area contributed by atoms with Gasteiger partial charge in [0.15, 0.2) is 0 Å². The molecule has 3 aromatic heterocycles. The summed E-state index contributed by atoms with van der Waals surface area (Å²) in [6.07, 6.45) is 3.42. The molecule has 0 radical (unpaired) electrons. The highest BCUT2D eigenvalue weighted by Crippen LogP contribution is 2.20. The molecule has 0 aliphatic carbocycles. The zero-order valence-electron chi connectivity index (χ0n) is 11.8. The Morgan fingerprint density at radius 1 is 1.27 bits per heavy atom. The van der Waals surface area contributed by atoms with Crippen LogP contribution in [0.2, 0.25) is 0 Å². The number of sulfonamides is 1. The molecule has 1 N–H and O–H groups in total. The minimum Gasteiger partial charge on any atom is -0.268 e. The lowest BCUT2D eigenvalue weighted by Gasteiger charge is -2.01. The van der Waals surface area contributed by atoms with Gasteiger partial charge >= 0.3 is 0 Å². The fourth-order valence-electron chi connectivity index (χ4n) is 2.06. The van der Waals surface area contributed by atoms with Crippen molar-refractivity contribution < 1.29 is 8.42 Å². The van der Waals surface area contributed by atoms with E-state index in [-0.39, 0.29) is 6.54 Å². The predicted molar refractivity (Wildman–Crippen MR) is 84.8 cm³/mol. The van der Waals surface area contributed by atoms with Gasteiger partial charge in [0.05, 0.1) is 17.9 Å². The van der Waals surface area contributed by atoms with Crippen LogP contribution in [0.5, 0.6) is 0 Å². The van der Waals surface area contributed by atoms with E-state index in [0.717, 1.165) is 11.3 Å². The van der Waals surface area contributed by atoms with Gasteiger partial charge in [0.2, 0.25) is 10.0 Å². The summed E-state index contributed by atoms with van der Waals surface area (Å²) in [5, 5.41) is 6.08. The third-order valence-electron chi connectivity index (χ3n) is 3.11. The Kier molecular flexibility index (Phi) is 4.06. The molecule has 0 saturated carbocycles. The smallest absolute Gasteiger partial charge is 0.250 e. The van der Waals surface area contributed by atoms with Crippen molar-refractivity contribution in [2.45, 2.75) is 10.8 Å². The highest BCUT2D eigenvalue weighted by Gasteiger charge is 2.16. The van der Waals surface area contributed by atoms with Gasteiger partial charge in [0.25, 0.3) is 0 Å². The lowest BCUT2D eigenvalue weighted by Crippen LogP contribution is -2.22. The monoisotopic (exact) mass is 334 g/mol. The van der Waals surface area contributed by atoms with Crippen molar-refractivity contribution >= 4 is 21.4 Å². The number of nitrogens with one attached hydrogen (secondary N) is 1. The molecule has 0 spiro atoms. The zero-order chi connectivity index (χ0) is 15.6. The van der Waals surface area contributed by atoms with Crippen molar-refractivity contribution in [3.8, 4) is 11.3 Å². The highest BCUT2D eigenvalue weighted by atomic mass is 32.2. The molecule has 3 aromatic rings. The van der Waals surface area contributed by atoms with Crippen LogP contribution in [-0.4, -0.2) is 23.2 Å². The van der Waals surface area contributed by atoms with Crippen LogP contribution < -0.4 is 4.72 Å². The summed E-state index contributed by atoms with van der Waals surface area (Å²) in [6, 6.07) is 8.93. The fraction of sp³-hybridized carbons (Fsp3) is 0.143. The molecule has 3 rings (SSSR count). The van der Waals surface area contributed by atoms with Gasteiger partial charge < -0.3 is 0 Å². The second-order valence-electron chi connectivity index (χ2n) is 4.64. The Labute approximate surface area is 132 Å². The van der Waals surface area contributed by atoms with Crippen LogP contribution in [0.15, 0.2) is 52.3 Å². The molecule has 22 heavy (non-hydrogen) atoms. The molecule has 0 amide bonds. The van der Waals surface area contributed by atoms with Crippen molar-refractivity contribution in [2.75, 3.05) is 0 Å². The minimum atomic E-state index is -3.47. The normalized spacial score (nSPS) is 11.7. The van der Waals surface area contributed by atoms with Crippen molar-refractivity contribution in [1.29, 1.82) is 0 Å². The maximum atomic E-state index is 12.1. The van der Waals surface area contributed by atoms with Crippen LogP contribution in [-0.2, 0) is 23.6 Å². The van der Waals surface area contributed by atoms with E-state index in [1.54, 1.807) is 34.6 Å². The summed E-state index contributed by atoms with van der Waals surface area (Å²) >= 11 is 1.19. The minimum absolute atomic E-state index is 0.152. The molecule has 0 aliphatic rings. The number of nitrogens with zero attached hydrogens (tertiary/aromatic N) is 3. The first kappa shape index (κ1) is 14.9. The summed E-state index contributed by atoms with van der Waals surface area (Å²) in [5.41, 5.74) is 2.56. The lowest BCUT2D eigenvalue weighted by atomic mass is 10.2. The Morgan fingerprint density at radius 3 is 2.73 bits per heavy atom. The van der Waals surface area contributed by atoms with Gasteiger partial charge in [-0.3, -0.25) is 9.67 Å². The summed E-state index contributed by atoms with van der Waals surface area (Å²) in [6.45, 7) is 0.152. The maximum Gasteiger partial charge on any atom is 0.250 e. The van der Waals surface area contributed by atoms with Crippen molar-refractivity contribution in [3.05, 3.63) is 53.8 Å². The summed E-state index contributed by atoms with van der Waals surface area (Å²) in [7, 11) is -1.65. The molecule has 0 bridgehead atoms. The SMILES string of the molecule is Cn1nc(CNS(=O)(=O)c2cccs2)cc1-c1ccncc1. The van der Waals surface area contributed by atoms with E-state index in [2.05, 4.69) is 14.8 Å². The van der Waals surface area contributed by atoms with E-state index in [9.17, 15) is 8.42 Å². The first-order valence-corrected chi connectivity index (χ1v) is 8.89. The average molecular weight is 334 g/mol. The van der Waals surface area contributed by atoms with Crippen LogP contribution in [0.1, 0.15) is 5.69 Å². The lowest BCUT2D eigenvalue weighted by molar-refractivity contribution is 0.581. The van der Waals surface area contributed by atoms with Crippen molar-refractivity contribution in [2.24, 2.45) is 7.05 Å². The van der Waals surface area contributed by atoms with E-state index in [1.807, 2.05) is 25.2 Å². The van der Waals surface area contributed by atoms with E-state index in [0.29, 0.717) is 9.90 Å². The predicted octanol–water partition coefficient (Wildman–Crippen LogP) is 2.02. The van der Waals surface area contributed by atoms with Gasteiger partial charge in [-0.05, 0) is 29.6 Å². The van der Waals surface area contributed by atoms with Crippen LogP contribution in [0.4, 0.5) is 0 Å². The Balaban J connectivity index is 1.78. The van der Waals surface area contributed by atoms with Crippen LogP contribution in [0.3, 0.4) is 0 Å². The molecule has 0 saturated heterocycles. The van der Waals surface area contributed by atoms with E-state index < -0.39 is 10.0 Å². The largest absolute Gasteiger partial charge is 0.268 e. The topological polar surface area (TPSA) is 76.9 Å².